The van der Waals surface area contributed by atoms with Crippen molar-refractivity contribution in [2.75, 3.05) is 17.6 Å². The maximum atomic E-state index is 13.1. The first-order valence-corrected chi connectivity index (χ1v) is 6.89. The van der Waals surface area contributed by atoms with Gasteiger partial charge in [0.1, 0.15) is 17.4 Å². The van der Waals surface area contributed by atoms with E-state index in [1.54, 1.807) is 6.07 Å². The van der Waals surface area contributed by atoms with E-state index in [9.17, 15) is 4.39 Å². The Balaban J connectivity index is 2.19. The van der Waals surface area contributed by atoms with Crippen molar-refractivity contribution in [3.8, 4) is 11.6 Å². The molecule has 0 unspecified atom stereocenters. The minimum absolute atomic E-state index is 0.113. The molecule has 1 heterocycles. The highest BCUT2D eigenvalue weighted by Gasteiger charge is 2.06. The van der Waals surface area contributed by atoms with Crippen LogP contribution in [0.2, 0.25) is 0 Å². The number of aromatic nitrogens is 2. The summed E-state index contributed by atoms with van der Waals surface area (Å²) in [6.07, 6.45) is 0.963. The zero-order valence-corrected chi connectivity index (χ0v) is 12.4. The lowest BCUT2D eigenvalue weighted by molar-refractivity contribution is 0.460. The van der Waals surface area contributed by atoms with Crippen molar-refractivity contribution in [3.05, 3.63) is 34.6 Å². The van der Waals surface area contributed by atoms with Crippen molar-refractivity contribution in [2.24, 2.45) is 0 Å². The summed E-state index contributed by atoms with van der Waals surface area (Å²) in [5, 5.41) is 3.10. The largest absolute Gasteiger partial charge is 0.439 e. The van der Waals surface area contributed by atoms with Crippen LogP contribution in [0.3, 0.4) is 0 Å². The maximum Gasteiger partial charge on any atom is 0.226 e. The van der Waals surface area contributed by atoms with Crippen LogP contribution in [-0.4, -0.2) is 16.5 Å². The molecular weight excluding hydrogens is 327 g/mol. The van der Waals surface area contributed by atoms with Crippen LogP contribution < -0.4 is 15.8 Å². The first-order valence-electron chi connectivity index (χ1n) is 6.10. The third-order valence-electron chi connectivity index (χ3n) is 2.39. The van der Waals surface area contributed by atoms with E-state index >= 15 is 0 Å². The van der Waals surface area contributed by atoms with E-state index in [2.05, 4.69) is 31.2 Å². The van der Waals surface area contributed by atoms with Crippen LogP contribution in [0, 0.1) is 5.82 Å². The van der Waals surface area contributed by atoms with Crippen molar-refractivity contribution in [1.82, 2.24) is 9.97 Å². The van der Waals surface area contributed by atoms with E-state index in [-0.39, 0.29) is 11.8 Å². The van der Waals surface area contributed by atoms with Crippen LogP contribution in [-0.2, 0) is 0 Å². The zero-order chi connectivity index (χ0) is 14.5. The average Bonchev–Trinajstić information content (AvgIpc) is 2.40. The molecule has 0 atom stereocenters. The van der Waals surface area contributed by atoms with E-state index in [1.807, 2.05) is 6.92 Å². The van der Waals surface area contributed by atoms with Crippen molar-refractivity contribution in [1.29, 1.82) is 0 Å². The highest BCUT2D eigenvalue weighted by molar-refractivity contribution is 9.10. The average molecular weight is 341 g/mol. The Morgan fingerprint density at radius 2 is 2.15 bits per heavy atom. The van der Waals surface area contributed by atoms with Crippen molar-refractivity contribution in [2.45, 2.75) is 13.3 Å². The Morgan fingerprint density at radius 3 is 2.85 bits per heavy atom. The van der Waals surface area contributed by atoms with E-state index in [4.69, 9.17) is 10.5 Å². The summed E-state index contributed by atoms with van der Waals surface area (Å²) in [4.78, 5) is 8.04. The molecule has 0 aliphatic rings. The number of hydrogen-bond acceptors (Lipinski definition) is 5. The first-order chi connectivity index (χ1) is 9.58. The van der Waals surface area contributed by atoms with Crippen LogP contribution in [0.5, 0.6) is 11.6 Å². The summed E-state index contributed by atoms with van der Waals surface area (Å²) < 4.78 is 19.0. The normalized spacial score (nSPS) is 10.3. The highest BCUT2D eigenvalue weighted by atomic mass is 79.9. The zero-order valence-electron chi connectivity index (χ0n) is 10.9. The van der Waals surface area contributed by atoms with Crippen molar-refractivity contribution < 1.29 is 9.13 Å². The number of nitrogens with two attached hydrogens (primary N) is 1. The molecule has 1 aromatic carbocycles. The number of hydrogen-bond donors (Lipinski definition) is 2. The second-order valence-corrected chi connectivity index (χ2v) is 4.91. The number of ether oxygens (including phenoxy) is 1. The maximum absolute atomic E-state index is 13.1. The van der Waals surface area contributed by atoms with Gasteiger partial charge in [0, 0.05) is 12.6 Å². The molecule has 20 heavy (non-hydrogen) atoms. The van der Waals surface area contributed by atoms with Crippen LogP contribution in [0.1, 0.15) is 13.3 Å². The Morgan fingerprint density at radius 1 is 1.35 bits per heavy atom. The molecule has 0 radical (unpaired) electrons. The molecule has 2 rings (SSSR count). The number of rotatable bonds is 5. The molecule has 0 aliphatic heterocycles. The van der Waals surface area contributed by atoms with E-state index in [1.165, 1.54) is 18.2 Å². The van der Waals surface area contributed by atoms with Gasteiger partial charge in [-0.15, -0.1) is 0 Å². The number of benzene rings is 1. The predicted octanol–water partition coefficient (Wildman–Crippen LogP) is 3.57. The SMILES string of the molecule is CCCNc1cc(Oc2ccc(F)c(Br)c2)nc(N)n1. The molecule has 2 aromatic rings. The predicted molar refractivity (Wildman–Crippen MR) is 79.4 cm³/mol. The van der Waals surface area contributed by atoms with Gasteiger partial charge >= 0.3 is 0 Å². The monoisotopic (exact) mass is 340 g/mol. The van der Waals surface area contributed by atoms with Crippen LogP contribution in [0.4, 0.5) is 16.2 Å². The summed E-state index contributed by atoms with van der Waals surface area (Å²) in [6, 6.07) is 5.98. The van der Waals surface area contributed by atoms with Gasteiger partial charge in [-0.05, 0) is 40.5 Å². The minimum atomic E-state index is -0.357. The van der Waals surface area contributed by atoms with E-state index in [0.29, 0.717) is 21.9 Å². The summed E-state index contributed by atoms with van der Waals surface area (Å²) in [5.41, 5.74) is 5.63. The summed E-state index contributed by atoms with van der Waals surface area (Å²) in [5.74, 6) is 1.11. The fraction of sp³-hybridized carbons (Fsp3) is 0.231. The van der Waals surface area contributed by atoms with Crippen LogP contribution in [0.25, 0.3) is 0 Å². The topological polar surface area (TPSA) is 73.1 Å². The molecule has 0 spiro atoms. The standard InChI is InChI=1S/C13H14BrFN4O/c1-2-5-17-11-7-12(19-13(16)18-11)20-8-3-4-10(15)9(14)6-8/h3-4,6-7H,2,5H2,1H3,(H3,16,17,18,19). The number of anilines is 2. The molecule has 0 saturated carbocycles. The van der Waals surface area contributed by atoms with Gasteiger partial charge in [0.25, 0.3) is 0 Å². The molecule has 0 fully saturated rings. The first kappa shape index (κ1) is 14.5. The smallest absolute Gasteiger partial charge is 0.226 e. The molecule has 7 heteroatoms. The van der Waals surface area contributed by atoms with Gasteiger partial charge in [-0.1, -0.05) is 6.92 Å². The molecule has 0 amide bonds. The Labute approximate surface area is 124 Å². The minimum Gasteiger partial charge on any atom is -0.439 e. The van der Waals surface area contributed by atoms with Crippen LogP contribution >= 0.6 is 15.9 Å². The van der Waals surface area contributed by atoms with Gasteiger partial charge in [0.2, 0.25) is 11.8 Å². The molecule has 5 nitrogen and oxygen atoms in total. The Bertz CT molecular complexity index is 609. The number of nitrogen functional groups attached to an aromatic ring is 1. The lowest BCUT2D eigenvalue weighted by Crippen LogP contribution is -2.05. The van der Waals surface area contributed by atoms with Crippen molar-refractivity contribution >= 4 is 27.7 Å². The third-order valence-corrected chi connectivity index (χ3v) is 3.00. The number of nitrogens with zero attached hydrogens (tertiary/aromatic N) is 2. The van der Waals surface area contributed by atoms with Gasteiger partial charge < -0.3 is 15.8 Å². The molecule has 1 aromatic heterocycles. The third kappa shape index (κ3) is 3.80. The fourth-order valence-corrected chi connectivity index (χ4v) is 1.86. The van der Waals surface area contributed by atoms with Gasteiger partial charge in [0.05, 0.1) is 4.47 Å². The Hall–Kier alpha value is -1.89. The Kier molecular flexibility index (Phi) is 4.73. The van der Waals surface area contributed by atoms with Crippen molar-refractivity contribution in [3.63, 3.8) is 0 Å². The summed E-state index contributed by atoms with van der Waals surface area (Å²) >= 11 is 3.10. The highest BCUT2D eigenvalue weighted by Crippen LogP contribution is 2.26. The molecule has 0 aliphatic carbocycles. The number of halogens is 2. The lowest BCUT2D eigenvalue weighted by Gasteiger charge is -2.09. The summed E-state index contributed by atoms with van der Waals surface area (Å²) in [7, 11) is 0. The van der Waals surface area contributed by atoms with Crippen LogP contribution in [0.15, 0.2) is 28.7 Å². The number of nitrogens with one attached hydrogen (secondary N) is 1. The van der Waals surface area contributed by atoms with Gasteiger partial charge in [0.15, 0.2) is 0 Å². The molecule has 3 N–H and O–H groups in total. The van der Waals surface area contributed by atoms with Gasteiger partial charge in [-0.25, -0.2) is 4.39 Å². The fourth-order valence-electron chi connectivity index (χ4n) is 1.50. The van der Waals surface area contributed by atoms with E-state index in [0.717, 1.165) is 13.0 Å². The lowest BCUT2D eigenvalue weighted by atomic mass is 10.3. The second kappa shape index (κ2) is 6.51. The quantitative estimate of drug-likeness (QED) is 0.870. The van der Waals surface area contributed by atoms with Gasteiger partial charge in [-0.2, -0.15) is 9.97 Å². The second-order valence-electron chi connectivity index (χ2n) is 4.05. The summed E-state index contributed by atoms with van der Waals surface area (Å²) in [6.45, 7) is 2.82. The van der Waals surface area contributed by atoms with Gasteiger partial charge in [-0.3, -0.25) is 0 Å². The molecule has 0 saturated heterocycles. The molecule has 0 bridgehead atoms. The van der Waals surface area contributed by atoms with E-state index < -0.39 is 0 Å². The molecular formula is C13H14BrFN4O. The molecule has 106 valence electrons.